The number of carboxylic acid groups (broad SMARTS) is 1. The standard InChI is InChI=1S/C16H22O3/c1-5-6-11-10-7-8-12(13(9-10)15(17)18)14(11)19-16(2,3)4/h7-9,11,14H,5-6H2,1-4H3,(H,17,18). The molecule has 104 valence electrons. The first-order chi connectivity index (χ1) is 8.83. The Morgan fingerprint density at radius 1 is 1.37 bits per heavy atom. The van der Waals surface area contributed by atoms with E-state index in [0.717, 1.165) is 24.0 Å². The second kappa shape index (κ2) is 4.97. The maximum Gasteiger partial charge on any atom is 0.336 e. The first-order valence-corrected chi connectivity index (χ1v) is 6.88. The molecule has 2 atom stereocenters. The Morgan fingerprint density at radius 2 is 2.05 bits per heavy atom. The van der Waals surface area contributed by atoms with Crippen LogP contribution in [-0.2, 0) is 4.74 Å². The average molecular weight is 262 g/mol. The van der Waals surface area contributed by atoms with E-state index in [4.69, 9.17) is 4.74 Å². The van der Waals surface area contributed by atoms with Gasteiger partial charge in [0.2, 0.25) is 0 Å². The van der Waals surface area contributed by atoms with Gasteiger partial charge < -0.3 is 9.84 Å². The fraction of sp³-hybridized carbons (Fsp3) is 0.562. The number of hydrogen-bond donors (Lipinski definition) is 1. The van der Waals surface area contributed by atoms with Gasteiger partial charge in [0.1, 0.15) is 0 Å². The minimum Gasteiger partial charge on any atom is -0.478 e. The molecule has 2 aliphatic carbocycles. The van der Waals surface area contributed by atoms with Crippen LogP contribution in [0, 0.1) is 0 Å². The maximum absolute atomic E-state index is 11.3. The second-order valence-corrected chi connectivity index (χ2v) is 6.20. The topological polar surface area (TPSA) is 46.5 Å². The Morgan fingerprint density at radius 3 is 2.58 bits per heavy atom. The normalized spacial score (nSPS) is 21.7. The zero-order chi connectivity index (χ0) is 14.2. The van der Waals surface area contributed by atoms with Gasteiger partial charge in [-0.05, 0) is 44.4 Å². The summed E-state index contributed by atoms with van der Waals surface area (Å²) < 4.78 is 6.14. The van der Waals surface area contributed by atoms with Gasteiger partial charge in [-0.1, -0.05) is 25.5 Å². The molecule has 0 saturated heterocycles. The van der Waals surface area contributed by atoms with Gasteiger partial charge in [0.15, 0.2) is 0 Å². The molecule has 0 fully saturated rings. The minimum absolute atomic E-state index is 0.129. The van der Waals surface area contributed by atoms with Crippen LogP contribution in [0.15, 0.2) is 18.2 Å². The molecule has 0 aromatic heterocycles. The molecule has 19 heavy (non-hydrogen) atoms. The molecule has 0 heterocycles. The van der Waals surface area contributed by atoms with Gasteiger partial charge in [0.25, 0.3) is 0 Å². The van der Waals surface area contributed by atoms with Gasteiger partial charge in [-0.25, -0.2) is 4.79 Å². The predicted molar refractivity (Wildman–Crippen MR) is 74.6 cm³/mol. The first-order valence-electron chi connectivity index (χ1n) is 6.88. The number of rotatable bonds is 4. The molecule has 0 aliphatic heterocycles. The van der Waals surface area contributed by atoms with E-state index >= 15 is 0 Å². The van der Waals surface area contributed by atoms with E-state index in [9.17, 15) is 9.90 Å². The van der Waals surface area contributed by atoms with Crippen molar-refractivity contribution in [2.24, 2.45) is 0 Å². The highest BCUT2D eigenvalue weighted by atomic mass is 16.5. The largest absolute Gasteiger partial charge is 0.478 e. The zero-order valence-corrected chi connectivity index (χ0v) is 12.1. The lowest BCUT2D eigenvalue weighted by molar-refractivity contribution is -0.0770. The van der Waals surface area contributed by atoms with Crippen LogP contribution in [0.3, 0.4) is 0 Å². The van der Waals surface area contributed by atoms with Crippen LogP contribution in [0.2, 0.25) is 0 Å². The summed E-state index contributed by atoms with van der Waals surface area (Å²) in [6, 6.07) is 5.74. The summed E-state index contributed by atoms with van der Waals surface area (Å²) in [5, 5.41) is 9.30. The van der Waals surface area contributed by atoms with E-state index in [2.05, 4.69) is 6.92 Å². The number of ether oxygens (including phenoxy) is 1. The van der Waals surface area contributed by atoms with Crippen LogP contribution in [0.1, 0.15) is 74.0 Å². The van der Waals surface area contributed by atoms with Gasteiger partial charge in [-0.3, -0.25) is 0 Å². The van der Waals surface area contributed by atoms with Gasteiger partial charge in [0.05, 0.1) is 17.3 Å². The smallest absolute Gasteiger partial charge is 0.336 e. The van der Waals surface area contributed by atoms with Crippen molar-refractivity contribution in [3.63, 3.8) is 0 Å². The van der Waals surface area contributed by atoms with Crippen LogP contribution in [-0.4, -0.2) is 16.7 Å². The van der Waals surface area contributed by atoms with Gasteiger partial charge >= 0.3 is 5.97 Å². The van der Waals surface area contributed by atoms with Crippen molar-refractivity contribution in [1.29, 1.82) is 0 Å². The molecule has 1 N–H and O–H groups in total. The van der Waals surface area contributed by atoms with Crippen LogP contribution in [0.25, 0.3) is 0 Å². The molecule has 2 unspecified atom stereocenters. The van der Waals surface area contributed by atoms with Gasteiger partial charge in [-0.2, -0.15) is 0 Å². The number of benzene rings is 1. The van der Waals surface area contributed by atoms with Crippen molar-refractivity contribution in [1.82, 2.24) is 0 Å². The van der Waals surface area contributed by atoms with E-state index in [1.54, 1.807) is 6.07 Å². The molecule has 0 amide bonds. The van der Waals surface area contributed by atoms with Crippen LogP contribution in [0.4, 0.5) is 0 Å². The molecular weight excluding hydrogens is 240 g/mol. The lowest BCUT2D eigenvalue weighted by Gasteiger charge is -2.38. The number of hydrogen-bond acceptors (Lipinski definition) is 2. The summed E-state index contributed by atoms with van der Waals surface area (Å²) >= 11 is 0. The molecule has 3 heteroatoms. The van der Waals surface area contributed by atoms with Crippen molar-refractivity contribution in [2.45, 2.75) is 58.2 Å². The molecule has 3 rings (SSSR count). The Labute approximate surface area is 114 Å². The summed E-state index contributed by atoms with van der Waals surface area (Å²) in [6.45, 7) is 8.18. The van der Waals surface area contributed by atoms with Crippen LogP contribution >= 0.6 is 0 Å². The molecule has 2 aliphatic rings. The monoisotopic (exact) mass is 262 g/mol. The summed E-state index contributed by atoms with van der Waals surface area (Å²) in [5.74, 6) is -0.582. The molecule has 3 nitrogen and oxygen atoms in total. The van der Waals surface area contributed by atoms with E-state index in [0.29, 0.717) is 5.56 Å². The summed E-state index contributed by atoms with van der Waals surface area (Å²) in [7, 11) is 0. The van der Waals surface area contributed by atoms with E-state index in [1.807, 2.05) is 32.9 Å². The maximum atomic E-state index is 11.3. The van der Waals surface area contributed by atoms with Crippen molar-refractivity contribution in [3.05, 3.63) is 34.9 Å². The SMILES string of the molecule is CCCC1c2ccc(c(C(=O)O)c2)C1OC(C)(C)C. The van der Waals surface area contributed by atoms with Gasteiger partial charge in [-0.15, -0.1) is 0 Å². The quantitative estimate of drug-likeness (QED) is 0.887. The second-order valence-electron chi connectivity index (χ2n) is 6.20. The van der Waals surface area contributed by atoms with Crippen molar-refractivity contribution in [2.75, 3.05) is 0 Å². The Balaban J connectivity index is 2.42. The third-order valence-corrected chi connectivity index (χ3v) is 3.49. The Hall–Kier alpha value is -1.35. The summed E-state index contributed by atoms with van der Waals surface area (Å²) in [4.78, 5) is 11.3. The molecule has 1 aromatic carbocycles. The highest BCUT2D eigenvalue weighted by Crippen LogP contribution is 2.46. The van der Waals surface area contributed by atoms with Crippen molar-refractivity contribution in [3.8, 4) is 0 Å². The third kappa shape index (κ3) is 2.81. The minimum atomic E-state index is -0.866. The first kappa shape index (κ1) is 14.1. The molecule has 1 aromatic rings. The van der Waals surface area contributed by atoms with Crippen molar-refractivity contribution >= 4 is 5.97 Å². The summed E-state index contributed by atoms with van der Waals surface area (Å²) in [5.41, 5.74) is 2.01. The molecule has 0 saturated carbocycles. The molecule has 2 bridgehead atoms. The third-order valence-electron chi connectivity index (χ3n) is 3.49. The number of carboxylic acids is 1. The zero-order valence-electron chi connectivity index (χ0n) is 12.1. The van der Waals surface area contributed by atoms with Crippen molar-refractivity contribution < 1.29 is 14.6 Å². The van der Waals surface area contributed by atoms with E-state index in [-0.39, 0.29) is 17.6 Å². The fourth-order valence-corrected chi connectivity index (χ4v) is 2.78. The number of aromatic carboxylic acids is 1. The predicted octanol–water partition coefficient (Wildman–Crippen LogP) is 4.14. The Kier molecular flexibility index (Phi) is 3.68. The van der Waals surface area contributed by atoms with Gasteiger partial charge in [0, 0.05) is 5.92 Å². The highest BCUT2D eigenvalue weighted by Gasteiger charge is 2.36. The highest BCUT2D eigenvalue weighted by molar-refractivity contribution is 5.90. The Bertz CT molecular complexity index is 485. The van der Waals surface area contributed by atoms with Crippen LogP contribution in [0.5, 0.6) is 0 Å². The lowest BCUT2D eigenvalue weighted by atomic mass is 9.77. The van der Waals surface area contributed by atoms with E-state index < -0.39 is 5.97 Å². The molecular formula is C16H22O3. The fourth-order valence-electron chi connectivity index (χ4n) is 2.78. The number of carbonyl (C=O) groups is 1. The van der Waals surface area contributed by atoms with E-state index in [1.165, 1.54) is 0 Å². The lowest BCUT2D eigenvalue weighted by Crippen LogP contribution is -2.30. The average Bonchev–Trinajstić information content (AvgIpc) is 2.31. The molecule has 0 spiro atoms. The summed E-state index contributed by atoms with van der Waals surface area (Å²) in [6.07, 6.45) is 1.96. The molecule has 0 radical (unpaired) electrons. The number of fused-ring (bicyclic) bond motifs is 3. The van der Waals surface area contributed by atoms with Crippen LogP contribution < -0.4 is 0 Å².